The summed E-state index contributed by atoms with van der Waals surface area (Å²) in [7, 11) is 0. The van der Waals surface area contributed by atoms with E-state index in [1.807, 2.05) is 0 Å². The van der Waals surface area contributed by atoms with Crippen molar-refractivity contribution in [3.8, 4) is 0 Å². The molecule has 0 radical (unpaired) electrons. The highest BCUT2D eigenvalue weighted by molar-refractivity contribution is 5.34. The van der Waals surface area contributed by atoms with Crippen molar-refractivity contribution < 1.29 is 15.3 Å². The molecule has 0 aliphatic heterocycles. The lowest BCUT2D eigenvalue weighted by molar-refractivity contribution is -0.211. The van der Waals surface area contributed by atoms with Crippen LogP contribution in [0.1, 0.15) is 106 Å². The fourth-order valence-electron chi connectivity index (χ4n) is 10.8. The molecule has 0 saturated heterocycles. The van der Waals surface area contributed by atoms with Crippen LogP contribution in [0.2, 0.25) is 0 Å². The van der Waals surface area contributed by atoms with Crippen LogP contribution in [-0.2, 0) is 0 Å². The number of allylic oxidation sites excluding steroid dienone is 2. The first-order valence-corrected chi connectivity index (χ1v) is 13.9. The second kappa shape index (κ2) is 7.10. The van der Waals surface area contributed by atoms with Crippen LogP contribution in [0.25, 0.3) is 0 Å². The Balaban J connectivity index is 1.59. The SMILES string of the molecule is CC1(C)CC(O)[C@]2(CO)CCC3(C)C(=CCC4[C@@]5(C)CC[C@H](O)C(C)(C)C5CC[C@]43C)[C@@H]2C1. The number of aliphatic hydroxyl groups is 3. The minimum Gasteiger partial charge on any atom is -0.396 e. The van der Waals surface area contributed by atoms with Crippen molar-refractivity contribution in [1.82, 2.24) is 0 Å². The van der Waals surface area contributed by atoms with E-state index in [2.05, 4.69) is 54.5 Å². The van der Waals surface area contributed by atoms with E-state index in [4.69, 9.17) is 0 Å². The molecule has 4 unspecified atom stereocenters. The summed E-state index contributed by atoms with van der Waals surface area (Å²) in [6.07, 6.45) is 11.5. The van der Waals surface area contributed by atoms with E-state index >= 15 is 0 Å². The molecule has 4 saturated carbocycles. The van der Waals surface area contributed by atoms with Gasteiger partial charge in [0.05, 0.1) is 18.8 Å². The Labute approximate surface area is 202 Å². The highest BCUT2D eigenvalue weighted by Gasteiger charge is 2.69. The first-order chi connectivity index (χ1) is 15.2. The van der Waals surface area contributed by atoms with Gasteiger partial charge in [0.1, 0.15) is 0 Å². The lowest BCUT2D eigenvalue weighted by atomic mass is 9.33. The Morgan fingerprint density at radius 2 is 1.52 bits per heavy atom. The Morgan fingerprint density at radius 1 is 0.818 bits per heavy atom. The summed E-state index contributed by atoms with van der Waals surface area (Å²) < 4.78 is 0. The van der Waals surface area contributed by atoms with Crippen LogP contribution in [0.4, 0.5) is 0 Å². The largest absolute Gasteiger partial charge is 0.396 e. The van der Waals surface area contributed by atoms with Gasteiger partial charge in [-0.3, -0.25) is 0 Å². The van der Waals surface area contributed by atoms with E-state index < -0.39 is 6.10 Å². The van der Waals surface area contributed by atoms with Gasteiger partial charge in [0.25, 0.3) is 0 Å². The topological polar surface area (TPSA) is 60.7 Å². The third-order valence-corrected chi connectivity index (χ3v) is 13.1. The second-order valence-electron chi connectivity index (χ2n) is 15.2. The van der Waals surface area contributed by atoms with Gasteiger partial charge in [-0.15, -0.1) is 0 Å². The molecule has 3 heteroatoms. The number of fused-ring (bicyclic) bond motifs is 7. The van der Waals surface area contributed by atoms with Crippen molar-refractivity contribution >= 4 is 0 Å². The van der Waals surface area contributed by atoms with E-state index in [1.165, 1.54) is 12.8 Å². The maximum Gasteiger partial charge on any atom is 0.0629 e. The molecule has 5 aliphatic rings. The van der Waals surface area contributed by atoms with Gasteiger partial charge in [-0.2, -0.15) is 0 Å². The van der Waals surface area contributed by atoms with Crippen LogP contribution >= 0.6 is 0 Å². The van der Waals surface area contributed by atoms with Gasteiger partial charge in [-0.25, -0.2) is 0 Å². The minimum atomic E-state index is -0.416. The molecule has 9 atom stereocenters. The molecule has 0 heterocycles. The van der Waals surface area contributed by atoms with Gasteiger partial charge < -0.3 is 15.3 Å². The summed E-state index contributed by atoms with van der Waals surface area (Å²) in [5.74, 6) is 1.49. The van der Waals surface area contributed by atoms with Crippen molar-refractivity contribution in [1.29, 1.82) is 0 Å². The smallest absolute Gasteiger partial charge is 0.0629 e. The van der Waals surface area contributed by atoms with E-state index in [-0.39, 0.29) is 51.1 Å². The van der Waals surface area contributed by atoms with E-state index in [1.54, 1.807) is 5.57 Å². The third-order valence-electron chi connectivity index (χ3n) is 13.1. The summed E-state index contributed by atoms with van der Waals surface area (Å²) >= 11 is 0. The van der Waals surface area contributed by atoms with E-state index in [0.29, 0.717) is 11.8 Å². The molecule has 3 N–H and O–H groups in total. The average Bonchev–Trinajstić information content (AvgIpc) is 2.71. The standard InChI is InChI=1S/C30H50O3/c1-25(2)16-20-19-8-9-22-27(5)12-11-23(32)26(3,4)21(27)10-13-29(22,7)28(19,6)14-15-30(20,18-31)24(33)17-25/h8,20-24,31-33H,9-18H2,1-7H3/t20-,21?,22?,23-,24?,27-,28?,29+,30-/m0/s1. The normalized spacial score (nSPS) is 54.8. The van der Waals surface area contributed by atoms with Crippen molar-refractivity contribution in [3.05, 3.63) is 11.6 Å². The summed E-state index contributed by atoms with van der Waals surface area (Å²) in [6.45, 7) is 17.1. The Bertz CT molecular complexity index is 843. The molecule has 33 heavy (non-hydrogen) atoms. The van der Waals surface area contributed by atoms with Crippen LogP contribution in [0, 0.1) is 50.2 Å². The molecule has 3 nitrogen and oxygen atoms in total. The van der Waals surface area contributed by atoms with Gasteiger partial charge in [0.15, 0.2) is 0 Å². The Hall–Kier alpha value is -0.380. The van der Waals surface area contributed by atoms with Crippen LogP contribution in [0.15, 0.2) is 11.6 Å². The predicted molar refractivity (Wildman–Crippen MR) is 134 cm³/mol. The summed E-state index contributed by atoms with van der Waals surface area (Å²) in [5.41, 5.74) is 1.92. The molecule has 0 spiro atoms. The first kappa shape index (κ1) is 24.3. The second-order valence-corrected chi connectivity index (χ2v) is 15.2. The van der Waals surface area contributed by atoms with Gasteiger partial charge in [-0.1, -0.05) is 60.1 Å². The van der Waals surface area contributed by atoms with Crippen LogP contribution in [-0.4, -0.2) is 34.1 Å². The number of hydrogen-bond acceptors (Lipinski definition) is 3. The van der Waals surface area contributed by atoms with Crippen LogP contribution in [0.5, 0.6) is 0 Å². The first-order valence-electron chi connectivity index (χ1n) is 13.9. The van der Waals surface area contributed by atoms with Crippen LogP contribution < -0.4 is 0 Å². The van der Waals surface area contributed by atoms with Gasteiger partial charge in [0, 0.05) is 5.41 Å². The lowest BCUT2D eigenvalue weighted by Crippen LogP contribution is -2.66. The number of aliphatic hydroxyl groups excluding tert-OH is 3. The summed E-state index contributed by atoms with van der Waals surface area (Å²) in [5, 5.41) is 32.9. The molecule has 0 amide bonds. The lowest BCUT2D eigenvalue weighted by Gasteiger charge is -2.71. The monoisotopic (exact) mass is 458 g/mol. The predicted octanol–water partition coefficient (Wildman–Crippen LogP) is 6.11. The van der Waals surface area contributed by atoms with Crippen molar-refractivity contribution in [2.75, 3.05) is 6.61 Å². The van der Waals surface area contributed by atoms with Crippen LogP contribution in [0.3, 0.4) is 0 Å². The molecule has 0 aromatic heterocycles. The van der Waals surface area contributed by atoms with Crippen molar-refractivity contribution in [2.45, 2.75) is 118 Å². The number of rotatable bonds is 1. The number of hydrogen-bond donors (Lipinski definition) is 3. The Kier molecular flexibility index (Phi) is 5.23. The maximum atomic E-state index is 11.3. The molecular weight excluding hydrogens is 408 g/mol. The van der Waals surface area contributed by atoms with Crippen molar-refractivity contribution in [2.24, 2.45) is 50.2 Å². The highest BCUT2D eigenvalue weighted by atomic mass is 16.3. The molecule has 0 aromatic carbocycles. The van der Waals surface area contributed by atoms with Gasteiger partial charge >= 0.3 is 0 Å². The highest BCUT2D eigenvalue weighted by Crippen LogP contribution is 2.75. The fourth-order valence-corrected chi connectivity index (χ4v) is 10.8. The zero-order chi connectivity index (χ0) is 24.2. The minimum absolute atomic E-state index is 0.0185. The zero-order valence-corrected chi connectivity index (χ0v) is 22.4. The molecule has 188 valence electrons. The fraction of sp³-hybridized carbons (Fsp3) is 0.933. The molecular formula is C30H50O3. The molecule has 0 aromatic rings. The Morgan fingerprint density at radius 3 is 2.18 bits per heavy atom. The quantitative estimate of drug-likeness (QED) is 0.415. The third kappa shape index (κ3) is 2.91. The van der Waals surface area contributed by atoms with E-state index in [0.717, 1.165) is 44.9 Å². The van der Waals surface area contributed by atoms with E-state index in [9.17, 15) is 15.3 Å². The molecule has 0 bridgehead atoms. The van der Waals surface area contributed by atoms with Crippen molar-refractivity contribution in [3.63, 3.8) is 0 Å². The molecule has 4 fully saturated rings. The summed E-state index contributed by atoms with van der Waals surface area (Å²) in [6, 6.07) is 0. The average molecular weight is 459 g/mol. The maximum absolute atomic E-state index is 11.3. The zero-order valence-electron chi connectivity index (χ0n) is 22.4. The van der Waals surface area contributed by atoms with Gasteiger partial charge in [0.2, 0.25) is 0 Å². The molecule has 5 rings (SSSR count). The molecule has 5 aliphatic carbocycles. The summed E-state index contributed by atoms with van der Waals surface area (Å²) in [4.78, 5) is 0. The van der Waals surface area contributed by atoms with Gasteiger partial charge in [-0.05, 0) is 103 Å².